The third-order valence-electron chi connectivity index (χ3n) is 2.24. The van der Waals surface area contributed by atoms with Crippen LogP contribution < -0.4 is 5.73 Å². The fourth-order valence-electron chi connectivity index (χ4n) is 1.41. The zero-order valence-electron chi connectivity index (χ0n) is 8.51. The Kier molecular flexibility index (Phi) is 3.74. The molecular formula is C11H14F3N. The van der Waals surface area contributed by atoms with Gasteiger partial charge in [-0.3, -0.25) is 0 Å². The quantitative estimate of drug-likeness (QED) is 0.826. The van der Waals surface area contributed by atoms with Gasteiger partial charge in [0.15, 0.2) is 0 Å². The molecule has 84 valence electrons. The number of hydrogen-bond acceptors (Lipinski definition) is 1. The van der Waals surface area contributed by atoms with Crippen molar-refractivity contribution in [1.29, 1.82) is 0 Å². The molecule has 0 radical (unpaired) electrons. The van der Waals surface area contributed by atoms with E-state index in [0.717, 1.165) is 12.0 Å². The smallest absolute Gasteiger partial charge is 0.324 e. The van der Waals surface area contributed by atoms with Crippen molar-refractivity contribution in [2.24, 2.45) is 5.73 Å². The van der Waals surface area contributed by atoms with E-state index in [1.165, 1.54) is 0 Å². The average Bonchev–Trinajstić information content (AvgIpc) is 2.15. The van der Waals surface area contributed by atoms with Crippen LogP contribution in [0.4, 0.5) is 13.2 Å². The molecule has 1 aromatic rings. The molecule has 0 bridgehead atoms. The number of nitrogens with two attached hydrogens (primary N) is 1. The van der Waals surface area contributed by atoms with E-state index >= 15 is 0 Å². The van der Waals surface area contributed by atoms with Crippen LogP contribution in [-0.4, -0.2) is 6.18 Å². The lowest BCUT2D eigenvalue weighted by molar-refractivity contribution is -0.138. The molecular weight excluding hydrogens is 203 g/mol. The summed E-state index contributed by atoms with van der Waals surface area (Å²) in [6, 6.07) is 6.02. The Morgan fingerprint density at radius 2 is 2.00 bits per heavy atom. The summed E-state index contributed by atoms with van der Waals surface area (Å²) in [6.45, 7) is 1.95. The molecule has 0 aliphatic heterocycles. The Balaban J connectivity index is 2.77. The highest BCUT2D eigenvalue weighted by Gasteiger charge is 2.30. The second-order valence-electron chi connectivity index (χ2n) is 3.52. The van der Waals surface area contributed by atoms with Crippen LogP contribution in [0.15, 0.2) is 24.3 Å². The Bertz CT molecular complexity index is 320. The van der Waals surface area contributed by atoms with Gasteiger partial charge in [-0.25, -0.2) is 0 Å². The highest BCUT2D eigenvalue weighted by molar-refractivity contribution is 5.25. The lowest BCUT2D eigenvalue weighted by Crippen LogP contribution is -2.20. The standard InChI is InChI=1S/C11H14F3N/c1-2-8-4-3-5-9(6-8)10(15)7-11(12,13)14/h3-6,10H,2,7,15H2,1H3. The van der Waals surface area contributed by atoms with Crippen molar-refractivity contribution in [2.75, 3.05) is 0 Å². The minimum absolute atomic E-state index is 0.548. The van der Waals surface area contributed by atoms with Gasteiger partial charge in [0, 0.05) is 6.04 Å². The molecule has 0 saturated heterocycles. The van der Waals surface area contributed by atoms with Crippen molar-refractivity contribution in [3.05, 3.63) is 35.4 Å². The minimum Gasteiger partial charge on any atom is -0.324 e. The molecule has 0 saturated carbocycles. The first-order valence-corrected chi connectivity index (χ1v) is 4.83. The molecule has 1 rings (SSSR count). The molecule has 1 nitrogen and oxygen atoms in total. The van der Waals surface area contributed by atoms with Crippen molar-refractivity contribution in [1.82, 2.24) is 0 Å². The molecule has 2 N–H and O–H groups in total. The Morgan fingerprint density at radius 3 is 2.53 bits per heavy atom. The lowest BCUT2D eigenvalue weighted by Gasteiger charge is -2.15. The fraction of sp³-hybridized carbons (Fsp3) is 0.455. The minimum atomic E-state index is -4.21. The third-order valence-corrected chi connectivity index (χ3v) is 2.24. The van der Waals surface area contributed by atoms with Gasteiger partial charge in [0.1, 0.15) is 0 Å². The number of rotatable bonds is 3. The van der Waals surface area contributed by atoms with E-state index in [-0.39, 0.29) is 0 Å². The molecule has 0 aromatic heterocycles. The van der Waals surface area contributed by atoms with Gasteiger partial charge in [-0.2, -0.15) is 13.2 Å². The van der Waals surface area contributed by atoms with Gasteiger partial charge < -0.3 is 5.73 Å². The van der Waals surface area contributed by atoms with Gasteiger partial charge in [-0.15, -0.1) is 0 Å². The molecule has 1 aromatic carbocycles. The summed E-state index contributed by atoms with van der Waals surface area (Å²) >= 11 is 0. The maximum atomic E-state index is 12.1. The van der Waals surface area contributed by atoms with E-state index in [1.54, 1.807) is 18.2 Å². The fourth-order valence-corrected chi connectivity index (χ4v) is 1.41. The highest BCUT2D eigenvalue weighted by atomic mass is 19.4. The number of halogens is 3. The number of aryl methyl sites for hydroxylation is 1. The summed E-state index contributed by atoms with van der Waals surface area (Å²) < 4.78 is 36.3. The van der Waals surface area contributed by atoms with Crippen LogP contribution in [0.2, 0.25) is 0 Å². The topological polar surface area (TPSA) is 26.0 Å². The van der Waals surface area contributed by atoms with Crippen molar-refractivity contribution in [2.45, 2.75) is 32.0 Å². The molecule has 0 amide bonds. The van der Waals surface area contributed by atoms with Crippen molar-refractivity contribution in [3.8, 4) is 0 Å². The van der Waals surface area contributed by atoms with Crippen molar-refractivity contribution in [3.63, 3.8) is 0 Å². The molecule has 1 unspecified atom stereocenters. The summed E-state index contributed by atoms with van der Waals surface area (Å²) in [5.41, 5.74) is 7.04. The van der Waals surface area contributed by atoms with E-state index in [9.17, 15) is 13.2 Å². The van der Waals surface area contributed by atoms with Crippen molar-refractivity contribution >= 4 is 0 Å². The largest absolute Gasteiger partial charge is 0.390 e. The number of alkyl halides is 3. The molecule has 1 atom stereocenters. The molecule has 15 heavy (non-hydrogen) atoms. The van der Waals surface area contributed by atoms with Crippen molar-refractivity contribution < 1.29 is 13.2 Å². The molecule has 0 spiro atoms. The second kappa shape index (κ2) is 4.66. The van der Waals surface area contributed by atoms with Crippen LogP contribution in [0.5, 0.6) is 0 Å². The predicted molar refractivity (Wildman–Crippen MR) is 53.4 cm³/mol. The van der Waals surface area contributed by atoms with E-state index in [0.29, 0.717) is 5.56 Å². The first kappa shape index (κ1) is 12.0. The van der Waals surface area contributed by atoms with E-state index in [2.05, 4.69) is 0 Å². The first-order valence-electron chi connectivity index (χ1n) is 4.83. The molecule has 0 aliphatic rings. The Morgan fingerprint density at radius 1 is 1.33 bits per heavy atom. The molecule has 4 heteroatoms. The summed E-state index contributed by atoms with van der Waals surface area (Å²) in [4.78, 5) is 0. The third kappa shape index (κ3) is 3.91. The molecule has 0 fully saturated rings. The zero-order chi connectivity index (χ0) is 11.5. The van der Waals surface area contributed by atoms with E-state index in [4.69, 9.17) is 5.73 Å². The number of benzene rings is 1. The van der Waals surface area contributed by atoms with Gasteiger partial charge in [0.2, 0.25) is 0 Å². The van der Waals surface area contributed by atoms with Crippen LogP contribution in [-0.2, 0) is 6.42 Å². The summed E-state index contributed by atoms with van der Waals surface area (Å²) in [6.07, 6.45) is -4.38. The Labute approximate surface area is 87.1 Å². The SMILES string of the molecule is CCc1cccc(C(N)CC(F)(F)F)c1. The summed E-state index contributed by atoms with van der Waals surface area (Å²) in [5, 5.41) is 0. The normalized spacial score (nSPS) is 13.9. The van der Waals surface area contributed by atoms with E-state index < -0.39 is 18.6 Å². The Hall–Kier alpha value is -1.03. The average molecular weight is 217 g/mol. The lowest BCUT2D eigenvalue weighted by atomic mass is 10.0. The van der Waals surface area contributed by atoms with Crippen LogP contribution in [0.3, 0.4) is 0 Å². The zero-order valence-corrected chi connectivity index (χ0v) is 8.51. The van der Waals surface area contributed by atoms with Gasteiger partial charge in [-0.05, 0) is 17.5 Å². The van der Waals surface area contributed by atoms with E-state index in [1.807, 2.05) is 13.0 Å². The highest BCUT2D eigenvalue weighted by Crippen LogP contribution is 2.28. The van der Waals surface area contributed by atoms with Gasteiger partial charge in [-0.1, -0.05) is 31.2 Å². The summed E-state index contributed by atoms with van der Waals surface area (Å²) in [5.74, 6) is 0. The molecule has 0 heterocycles. The van der Waals surface area contributed by atoms with Gasteiger partial charge in [0.25, 0.3) is 0 Å². The first-order chi connectivity index (χ1) is 6.92. The number of hydrogen-bond donors (Lipinski definition) is 1. The second-order valence-corrected chi connectivity index (χ2v) is 3.52. The van der Waals surface area contributed by atoms with Crippen LogP contribution in [0.25, 0.3) is 0 Å². The molecule has 0 aliphatic carbocycles. The van der Waals surface area contributed by atoms with Crippen LogP contribution in [0, 0.1) is 0 Å². The maximum Gasteiger partial charge on any atom is 0.390 e. The van der Waals surface area contributed by atoms with Gasteiger partial charge >= 0.3 is 6.18 Å². The van der Waals surface area contributed by atoms with Crippen LogP contribution >= 0.6 is 0 Å². The van der Waals surface area contributed by atoms with Crippen LogP contribution in [0.1, 0.15) is 30.5 Å². The van der Waals surface area contributed by atoms with Gasteiger partial charge in [0.05, 0.1) is 6.42 Å². The summed E-state index contributed by atoms with van der Waals surface area (Å²) in [7, 11) is 0. The monoisotopic (exact) mass is 217 g/mol. The maximum absolute atomic E-state index is 12.1. The predicted octanol–water partition coefficient (Wildman–Crippen LogP) is 3.20.